The standard InChI is InChI=1S/C15H18Cl2N4OS/c1-4-21(5-2)15-18-8-10(16)13(20-15)14(22)19-9(3)11-6-7-12(17)23-11/h6-9H,4-5H2,1-3H3,(H,19,22). The summed E-state index contributed by atoms with van der Waals surface area (Å²) < 4.78 is 0.685. The zero-order valence-corrected chi connectivity index (χ0v) is 15.5. The van der Waals surface area contributed by atoms with Crippen LogP contribution in [-0.4, -0.2) is 29.0 Å². The Morgan fingerprint density at radius 1 is 1.35 bits per heavy atom. The number of anilines is 1. The van der Waals surface area contributed by atoms with Crippen molar-refractivity contribution in [2.75, 3.05) is 18.0 Å². The van der Waals surface area contributed by atoms with E-state index in [0.717, 1.165) is 18.0 Å². The number of carbonyl (C=O) groups is 1. The highest BCUT2D eigenvalue weighted by molar-refractivity contribution is 7.16. The van der Waals surface area contributed by atoms with Gasteiger partial charge in [-0.2, -0.15) is 0 Å². The SMILES string of the molecule is CCN(CC)c1ncc(Cl)c(C(=O)NC(C)c2ccc(Cl)s2)n1. The number of nitrogens with zero attached hydrogens (tertiary/aromatic N) is 3. The molecule has 2 heterocycles. The minimum Gasteiger partial charge on any atom is -0.343 e. The van der Waals surface area contributed by atoms with E-state index in [1.807, 2.05) is 31.7 Å². The Morgan fingerprint density at radius 2 is 2.04 bits per heavy atom. The molecule has 0 fully saturated rings. The molecule has 1 amide bonds. The number of aromatic nitrogens is 2. The molecule has 0 aliphatic rings. The quantitative estimate of drug-likeness (QED) is 0.825. The Labute approximate surface area is 149 Å². The van der Waals surface area contributed by atoms with E-state index in [1.54, 1.807) is 6.07 Å². The molecule has 0 aliphatic heterocycles. The van der Waals surface area contributed by atoms with Gasteiger partial charge >= 0.3 is 0 Å². The van der Waals surface area contributed by atoms with Crippen LogP contribution in [0.5, 0.6) is 0 Å². The Morgan fingerprint density at radius 3 is 2.61 bits per heavy atom. The van der Waals surface area contributed by atoms with Crippen LogP contribution >= 0.6 is 34.5 Å². The van der Waals surface area contributed by atoms with Crippen LogP contribution in [0.3, 0.4) is 0 Å². The summed E-state index contributed by atoms with van der Waals surface area (Å²) in [4.78, 5) is 23.9. The smallest absolute Gasteiger partial charge is 0.272 e. The lowest BCUT2D eigenvalue weighted by atomic mass is 10.2. The van der Waals surface area contributed by atoms with Crippen LogP contribution in [0.25, 0.3) is 0 Å². The maximum Gasteiger partial charge on any atom is 0.272 e. The molecule has 5 nitrogen and oxygen atoms in total. The summed E-state index contributed by atoms with van der Waals surface area (Å²) in [6, 6.07) is 3.52. The van der Waals surface area contributed by atoms with Crippen molar-refractivity contribution in [3.05, 3.63) is 38.3 Å². The van der Waals surface area contributed by atoms with Gasteiger partial charge in [0.25, 0.3) is 5.91 Å². The first-order valence-electron chi connectivity index (χ1n) is 7.29. The largest absolute Gasteiger partial charge is 0.343 e. The number of amides is 1. The van der Waals surface area contributed by atoms with Gasteiger partial charge in [0.15, 0.2) is 5.69 Å². The Bertz CT molecular complexity index is 688. The number of nitrogens with one attached hydrogen (secondary N) is 1. The number of hydrogen-bond acceptors (Lipinski definition) is 5. The maximum atomic E-state index is 12.5. The predicted octanol–water partition coefficient (Wildman–Crippen LogP) is 4.18. The van der Waals surface area contributed by atoms with Crippen molar-refractivity contribution in [2.45, 2.75) is 26.8 Å². The van der Waals surface area contributed by atoms with Gasteiger partial charge in [0.1, 0.15) is 0 Å². The van der Waals surface area contributed by atoms with Crippen molar-refractivity contribution >= 4 is 46.4 Å². The fourth-order valence-electron chi connectivity index (χ4n) is 2.07. The third-order valence-corrected chi connectivity index (χ3v) is 5.05. The van der Waals surface area contributed by atoms with Crippen LogP contribution in [0.1, 0.15) is 42.2 Å². The molecule has 0 spiro atoms. The second-order valence-corrected chi connectivity index (χ2v) is 7.03. The van der Waals surface area contributed by atoms with Crippen molar-refractivity contribution in [2.24, 2.45) is 0 Å². The molecule has 0 radical (unpaired) electrons. The van der Waals surface area contributed by atoms with E-state index in [2.05, 4.69) is 15.3 Å². The topological polar surface area (TPSA) is 58.1 Å². The summed E-state index contributed by atoms with van der Waals surface area (Å²) in [6.45, 7) is 7.40. The molecule has 23 heavy (non-hydrogen) atoms. The summed E-state index contributed by atoms with van der Waals surface area (Å²) in [6.07, 6.45) is 1.46. The zero-order chi connectivity index (χ0) is 17.0. The second kappa shape index (κ2) is 7.95. The second-order valence-electron chi connectivity index (χ2n) is 4.88. The number of carbonyl (C=O) groups excluding carboxylic acids is 1. The van der Waals surface area contributed by atoms with Crippen LogP contribution in [0.15, 0.2) is 18.3 Å². The van der Waals surface area contributed by atoms with Crippen LogP contribution in [0.2, 0.25) is 9.36 Å². The van der Waals surface area contributed by atoms with Crippen LogP contribution in [0, 0.1) is 0 Å². The third kappa shape index (κ3) is 4.34. The normalized spacial score (nSPS) is 12.0. The number of thiophene rings is 1. The molecule has 1 N–H and O–H groups in total. The number of hydrogen-bond donors (Lipinski definition) is 1. The molecular weight excluding hydrogens is 355 g/mol. The molecule has 124 valence electrons. The molecule has 2 aromatic heterocycles. The first-order chi connectivity index (χ1) is 11.0. The average Bonchev–Trinajstić information content (AvgIpc) is 2.96. The van der Waals surface area contributed by atoms with E-state index in [9.17, 15) is 4.79 Å². The minimum absolute atomic E-state index is 0.178. The van der Waals surface area contributed by atoms with Crippen molar-refractivity contribution in [3.8, 4) is 0 Å². The van der Waals surface area contributed by atoms with Gasteiger partial charge in [-0.1, -0.05) is 23.2 Å². The van der Waals surface area contributed by atoms with Crippen molar-refractivity contribution in [3.63, 3.8) is 0 Å². The summed E-state index contributed by atoms with van der Waals surface area (Å²) in [5.74, 6) is 0.166. The highest BCUT2D eigenvalue weighted by Gasteiger charge is 2.19. The van der Waals surface area contributed by atoms with Gasteiger partial charge in [-0.05, 0) is 32.9 Å². The Hall–Kier alpha value is -1.37. The van der Waals surface area contributed by atoms with Gasteiger partial charge in [-0.25, -0.2) is 9.97 Å². The number of halogens is 2. The lowest BCUT2D eigenvalue weighted by Gasteiger charge is -2.19. The maximum absolute atomic E-state index is 12.5. The Balaban J connectivity index is 2.19. The highest BCUT2D eigenvalue weighted by atomic mass is 35.5. The van der Waals surface area contributed by atoms with Crippen molar-refractivity contribution in [1.82, 2.24) is 15.3 Å². The molecule has 8 heteroatoms. The van der Waals surface area contributed by atoms with Gasteiger partial charge in [0, 0.05) is 18.0 Å². The molecule has 0 saturated carbocycles. The predicted molar refractivity (Wildman–Crippen MR) is 95.8 cm³/mol. The molecule has 1 unspecified atom stereocenters. The molecule has 0 aromatic carbocycles. The monoisotopic (exact) mass is 372 g/mol. The van der Waals surface area contributed by atoms with Crippen LogP contribution in [0.4, 0.5) is 5.95 Å². The van der Waals surface area contributed by atoms with Gasteiger partial charge in [0.05, 0.1) is 21.6 Å². The fourth-order valence-corrected chi connectivity index (χ4v) is 3.31. The molecule has 0 saturated heterocycles. The summed E-state index contributed by atoms with van der Waals surface area (Å²) in [5.41, 5.74) is 0.179. The first-order valence-corrected chi connectivity index (χ1v) is 8.87. The summed E-state index contributed by atoms with van der Waals surface area (Å²) >= 11 is 13.5. The Kier molecular flexibility index (Phi) is 6.21. The molecule has 1 atom stereocenters. The van der Waals surface area contributed by atoms with E-state index < -0.39 is 0 Å². The fraction of sp³-hybridized carbons (Fsp3) is 0.400. The van der Waals surface area contributed by atoms with E-state index in [-0.39, 0.29) is 22.7 Å². The molecular formula is C15H18Cl2N4OS. The van der Waals surface area contributed by atoms with Gasteiger partial charge in [-0.15, -0.1) is 11.3 Å². The van der Waals surface area contributed by atoms with Crippen molar-refractivity contribution in [1.29, 1.82) is 0 Å². The molecule has 2 rings (SSSR count). The van der Waals surface area contributed by atoms with E-state index in [4.69, 9.17) is 23.2 Å². The van der Waals surface area contributed by atoms with Gasteiger partial charge < -0.3 is 10.2 Å². The lowest BCUT2D eigenvalue weighted by Crippen LogP contribution is -2.29. The summed E-state index contributed by atoms with van der Waals surface area (Å²) in [5, 5.41) is 3.12. The van der Waals surface area contributed by atoms with Crippen LogP contribution < -0.4 is 10.2 Å². The highest BCUT2D eigenvalue weighted by Crippen LogP contribution is 2.27. The van der Waals surface area contributed by atoms with Crippen LogP contribution in [-0.2, 0) is 0 Å². The number of rotatable bonds is 6. The first kappa shape index (κ1) is 18.0. The van der Waals surface area contributed by atoms with Gasteiger partial charge in [-0.3, -0.25) is 4.79 Å². The minimum atomic E-state index is -0.331. The lowest BCUT2D eigenvalue weighted by molar-refractivity contribution is 0.0935. The summed E-state index contributed by atoms with van der Waals surface area (Å²) in [7, 11) is 0. The molecule has 0 aliphatic carbocycles. The molecule has 0 bridgehead atoms. The van der Waals surface area contributed by atoms with Gasteiger partial charge in [0.2, 0.25) is 5.95 Å². The third-order valence-electron chi connectivity index (χ3n) is 3.36. The zero-order valence-electron chi connectivity index (χ0n) is 13.1. The average molecular weight is 373 g/mol. The van der Waals surface area contributed by atoms with Crippen molar-refractivity contribution < 1.29 is 4.79 Å². The van der Waals surface area contributed by atoms with E-state index >= 15 is 0 Å². The molecule has 2 aromatic rings. The van der Waals surface area contributed by atoms with E-state index in [1.165, 1.54) is 17.5 Å². The van der Waals surface area contributed by atoms with E-state index in [0.29, 0.717) is 10.3 Å².